The van der Waals surface area contributed by atoms with Gasteiger partial charge in [0.05, 0.1) is 0 Å². The molecule has 1 aromatic heterocycles. The maximum absolute atomic E-state index is 3.87. The summed E-state index contributed by atoms with van der Waals surface area (Å²) in [5.41, 5.74) is 1.67. The predicted octanol–water partition coefficient (Wildman–Crippen LogP) is 5.36. The zero-order valence-corrected chi connectivity index (χ0v) is 14.3. The molecule has 1 nitrogen and oxygen atoms in total. The fourth-order valence-electron chi connectivity index (χ4n) is 3.64. The molecule has 0 amide bonds. The molecule has 2 rings (SSSR count). The third kappa shape index (κ3) is 3.85. The van der Waals surface area contributed by atoms with Crippen molar-refractivity contribution in [2.45, 2.75) is 77.7 Å². The highest BCUT2D eigenvalue weighted by atomic mass is 32.1. The lowest BCUT2D eigenvalue weighted by molar-refractivity contribution is 0.310. The Labute approximate surface area is 129 Å². The van der Waals surface area contributed by atoms with Gasteiger partial charge in [0.1, 0.15) is 0 Å². The summed E-state index contributed by atoms with van der Waals surface area (Å²) in [6, 6.07) is 3.09. The highest BCUT2D eigenvalue weighted by Gasteiger charge is 2.29. The van der Waals surface area contributed by atoms with Gasteiger partial charge in [0, 0.05) is 16.8 Å². The number of aryl methyl sites for hydroxylation is 1. The van der Waals surface area contributed by atoms with Gasteiger partial charge in [-0.3, -0.25) is 0 Å². The van der Waals surface area contributed by atoms with E-state index in [1.165, 1.54) is 51.5 Å². The fraction of sp³-hybridized carbons (Fsp3) is 0.778. The molecule has 2 heteroatoms. The topological polar surface area (TPSA) is 12.0 Å². The van der Waals surface area contributed by atoms with E-state index in [-0.39, 0.29) is 0 Å². The first-order valence-electron chi connectivity index (χ1n) is 8.59. The van der Waals surface area contributed by atoms with Crippen molar-refractivity contribution >= 4 is 11.3 Å². The molecule has 0 spiro atoms. The molecule has 2 atom stereocenters. The fourth-order valence-corrected chi connectivity index (χ4v) is 4.64. The second kappa shape index (κ2) is 8.19. The van der Waals surface area contributed by atoms with Crippen molar-refractivity contribution in [3.8, 4) is 0 Å². The lowest BCUT2D eigenvalue weighted by atomic mass is 9.78. The molecule has 1 aliphatic carbocycles. The van der Waals surface area contributed by atoms with Crippen LogP contribution in [0.5, 0.6) is 0 Å². The molecular formula is C18H31NS. The molecule has 114 valence electrons. The van der Waals surface area contributed by atoms with Gasteiger partial charge in [-0.15, -0.1) is 11.3 Å². The van der Waals surface area contributed by atoms with E-state index in [0.29, 0.717) is 6.04 Å². The van der Waals surface area contributed by atoms with Gasteiger partial charge >= 0.3 is 0 Å². The average molecular weight is 294 g/mol. The Morgan fingerprint density at radius 3 is 2.80 bits per heavy atom. The molecule has 1 aliphatic rings. The molecule has 1 N–H and O–H groups in total. The van der Waals surface area contributed by atoms with Gasteiger partial charge in [0.25, 0.3) is 0 Å². The Bertz CT molecular complexity index is 381. The largest absolute Gasteiger partial charge is 0.313 e. The van der Waals surface area contributed by atoms with Gasteiger partial charge in [0.2, 0.25) is 0 Å². The summed E-state index contributed by atoms with van der Waals surface area (Å²) >= 11 is 1.97. The average Bonchev–Trinajstić information content (AvgIpc) is 2.96. The quantitative estimate of drug-likeness (QED) is 0.680. The van der Waals surface area contributed by atoms with E-state index in [1.807, 2.05) is 11.3 Å². The summed E-state index contributed by atoms with van der Waals surface area (Å²) in [7, 11) is 0. The Morgan fingerprint density at radius 2 is 2.10 bits per heavy atom. The lowest BCUT2D eigenvalue weighted by Gasteiger charge is -2.33. The van der Waals surface area contributed by atoms with Crippen LogP contribution in [0.15, 0.2) is 11.4 Å². The molecule has 0 bridgehead atoms. The zero-order valence-electron chi connectivity index (χ0n) is 13.5. The molecule has 0 saturated carbocycles. The monoisotopic (exact) mass is 293 g/mol. The van der Waals surface area contributed by atoms with Crippen molar-refractivity contribution in [1.29, 1.82) is 0 Å². The molecular weight excluding hydrogens is 262 g/mol. The molecule has 0 saturated heterocycles. The minimum Gasteiger partial charge on any atom is -0.313 e. The van der Waals surface area contributed by atoms with Crippen LogP contribution in [0.4, 0.5) is 0 Å². The van der Waals surface area contributed by atoms with Gasteiger partial charge in [-0.2, -0.15) is 0 Å². The van der Waals surface area contributed by atoms with Gasteiger partial charge in [0.15, 0.2) is 0 Å². The van der Waals surface area contributed by atoms with E-state index >= 15 is 0 Å². The van der Waals surface area contributed by atoms with Crippen molar-refractivity contribution < 1.29 is 0 Å². The third-order valence-corrected chi connectivity index (χ3v) is 5.98. The molecule has 0 aromatic carbocycles. The lowest BCUT2D eigenvalue weighted by Crippen LogP contribution is -2.38. The van der Waals surface area contributed by atoms with Crippen molar-refractivity contribution in [3.63, 3.8) is 0 Å². The van der Waals surface area contributed by atoms with E-state index in [1.54, 1.807) is 10.4 Å². The zero-order chi connectivity index (χ0) is 14.4. The van der Waals surface area contributed by atoms with Crippen LogP contribution < -0.4 is 5.32 Å². The van der Waals surface area contributed by atoms with E-state index in [2.05, 4.69) is 37.5 Å². The van der Waals surface area contributed by atoms with Gasteiger partial charge in [-0.05, 0) is 61.6 Å². The van der Waals surface area contributed by atoms with Gasteiger partial charge in [-0.1, -0.05) is 33.6 Å². The van der Waals surface area contributed by atoms with Crippen LogP contribution >= 0.6 is 11.3 Å². The number of hydrogen-bond donors (Lipinski definition) is 1. The second-order valence-electron chi connectivity index (χ2n) is 6.28. The third-order valence-electron chi connectivity index (χ3n) is 4.98. The van der Waals surface area contributed by atoms with Crippen LogP contribution in [-0.4, -0.2) is 12.6 Å². The number of fused-ring (bicyclic) bond motifs is 1. The van der Waals surface area contributed by atoms with Gasteiger partial charge in [-0.25, -0.2) is 0 Å². The summed E-state index contributed by atoms with van der Waals surface area (Å²) in [5.74, 6) is 1.64. The number of rotatable bonds is 8. The van der Waals surface area contributed by atoms with Crippen LogP contribution in [0.1, 0.15) is 75.7 Å². The number of hydrogen-bond acceptors (Lipinski definition) is 2. The van der Waals surface area contributed by atoms with Gasteiger partial charge < -0.3 is 5.32 Å². The number of thiophene rings is 1. The molecule has 1 aromatic rings. The summed E-state index contributed by atoms with van der Waals surface area (Å²) in [5, 5.41) is 6.18. The Kier molecular flexibility index (Phi) is 6.57. The minimum absolute atomic E-state index is 0.688. The minimum atomic E-state index is 0.688. The molecule has 0 radical (unpaired) electrons. The van der Waals surface area contributed by atoms with E-state index in [0.717, 1.165) is 11.8 Å². The van der Waals surface area contributed by atoms with E-state index < -0.39 is 0 Å². The summed E-state index contributed by atoms with van der Waals surface area (Å²) in [6.45, 7) is 8.14. The highest BCUT2D eigenvalue weighted by molar-refractivity contribution is 7.10. The van der Waals surface area contributed by atoms with Crippen LogP contribution in [0, 0.1) is 5.92 Å². The molecule has 0 aliphatic heterocycles. The first-order valence-corrected chi connectivity index (χ1v) is 9.47. The van der Waals surface area contributed by atoms with Crippen molar-refractivity contribution in [1.82, 2.24) is 5.32 Å². The van der Waals surface area contributed by atoms with Crippen LogP contribution in [0.3, 0.4) is 0 Å². The smallest absolute Gasteiger partial charge is 0.0139 e. The highest BCUT2D eigenvalue weighted by Crippen LogP contribution is 2.39. The Hall–Kier alpha value is -0.340. The summed E-state index contributed by atoms with van der Waals surface area (Å²) < 4.78 is 0. The van der Waals surface area contributed by atoms with E-state index in [9.17, 15) is 0 Å². The molecule has 20 heavy (non-hydrogen) atoms. The normalized spacial score (nSPS) is 20.1. The van der Waals surface area contributed by atoms with Crippen LogP contribution in [0.2, 0.25) is 0 Å². The van der Waals surface area contributed by atoms with Crippen molar-refractivity contribution in [3.05, 3.63) is 21.9 Å². The number of nitrogens with one attached hydrogen (secondary N) is 1. The summed E-state index contributed by atoms with van der Waals surface area (Å²) in [4.78, 5) is 1.66. The van der Waals surface area contributed by atoms with Crippen LogP contribution in [0.25, 0.3) is 0 Å². The van der Waals surface area contributed by atoms with Crippen molar-refractivity contribution in [2.24, 2.45) is 5.92 Å². The molecule has 1 heterocycles. The Morgan fingerprint density at radius 1 is 1.30 bits per heavy atom. The standard InChI is InChI=1S/C18H31NS/c1-4-11-19-17(13-14(5-2)6-3)15-8-7-9-18-16(15)10-12-20-18/h10,12,14-15,17,19H,4-9,11,13H2,1-3H3. The Balaban J connectivity index is 2.10. The first-order chi connectivity index (χ1) is 9.80. The first kappa shape index (κ1) is 16.0. The SMILES string of the molecule is CCCNC(CC(CC)CC)C1CCCc2sccc21. The molecule has 2 unspecified atom stereocenters. The maximum Gasteiger partial charge on any atom is 0.0139 e. The molecule has 0 fully saturated rings. The predicted molar refractivity (Wildman–Crippen MR) is 90.8 cm³/mol. The second-order valence-corrected chi connectivity index (χ2v) is 7.28. The van der Waals surface area contributed by atoms with Crippen LogP contribution in [-0.2, 0) is 6.42 Å². The van der Waals surface area contributed by atoms with E-state index in [4.69, 9.17) is 0 Å². The summed E-state index contributed by atoms with van der Waals surface area (Å²) in [6.07, 6.45) is 9.31. The van der Waals surface area contributed by atoms with Crippen molar-refractivity contribution in [2.75, 3.05) is 6.54 Å². The maximum atomic E-state index is 3.87.